The standard InChI is InChI=1S/C21H34N4O4/c1-15(16-11-9-8-10-12-16)13-14-22-17(23-18(26)28-20(2,3)4)24-25-19(27)29-21(5,6)7/h9,11-13H,8,10,14H2,1-7H3,(H,25,27)(H2,22,23,24,26). The quantitative estimate of drug-likeness (QED) is 0.372. The van der Waals surface area contributed by atoms with Crippen LogP contribution in [-0.2, 0) is 9.47 Å². The van der Waals surface area contributed by atoms with Gasteiger partial charge in [0.05, 0.1) is 6.54 Å². The number of amides is 2. The number of guanidine groups is 1. The molecule has 1 rings (SSSR count). The van der Waals surface area contributed by atoms with Gasteiger partial charge in [-0.3, -0.25) is 10.7 Å². The Kier molecular flexibility index (Phi) is 8.94. The minimum atomic E-state index is -0.694. The SMILES string of the molecule is CC(=CCN=C(NNC(=O)OC(C)(C)C)NC(=O)OC(C)(C)C)C1=CCCC=C1. The number of hydrogen-bond donors (Lipinski definition) is 3. The fourth-order valence-corrected chi connectivity index (χ4v) is 2.22. The van der Waals surface area contributed by atoms with Crippen molar-refractivity contribution in [2.75, 3.05) is 6.54 Å². The van der Waals surface area contributed by atoms with E-state index in [9.17, 15) is 9.59 Å². The van der Waals surface area contributed by atoms with Crippen molar-refractivity contribution in [3.05, 3.63) is 35.5 Å². The van der Waals surface area contributed by atoms with Gasteiger partial charge in [-0.05, 0) is 72.5 Å². The van der Waals surface area contributed by atoms with Crippen LogP contribution in [0.1, 0.15) is 61.3 Å². The van der Waals surface area contributed by atoms with E-state index in [1.165, 1.54) is 0 Å². The highest BCUT2D eigenvalue weighted by molar-refractivity contribution is 5.94. The minimum absolute atomic E-state index is 0.0438. The third-order valence-electron chi connectivity index (χ3n) is 3.40. The Morgan fingerprint density at radius 2 is 1.66 bits per heavy atom. The molecule has 0 aromatic rings. The molecule has 0 bridgehead atoms. The smallest absolute Gasteiger partial charge is 0.426 e. The first-order valence-corrected chi connectivity index (χ1v) is 9.69. The average molecular weight is 407 g/mol. The summed E-state index contributed by atoms with van der Waals surface area (Å²) in [6.45, 7) is 12.8. The number of aliphatic imine (C=N–C) groups is 1. The first-order chi connectivity index (χ1) is 13.4. The van der Waals surface area contributed by atoms with Crippen LogP contribution in [0.4, 0.5) is 9.59 Å². The molecule has 0 atom stereocenters. The molecule has 8 heteroatoms. The molecule has 0 aliphatic heterocycles. The lowest BCUT2D eigenvalue weighted by Crippen LogP contribution is -2.51. The number of carbonyl (C=O) groups excluding carboxylic acids is 2. The third kappa shape index (κ3) is 11.6. The van der Waals surface area contributed by atoms with Gasteiger partial charge in [0.15, 0.2) is 0 Å². The summed E-state index contributed by atoms with van der Waals surface area (Å²) in [6.07, 6.45) is 9.03. The van der Waals surface area contributed by atoms with Crippen LogP contribution in [0.2, 0.25) is 0 Å². The number of hydrazine groups is 1. The van der Waals surface area contributed by atoms with E-state index in [1.54, 1.807) is 41.5 Å². The Morgan fingerprint density at radius 1 is 1.03 bits per heavy atom. The van der Waals surface area contributed by atoms with E-state index in [0.717, 1.165) is 24.0 Å². The van der Waals surface area contributed by atoms with Crippen molar-refractivity contribution in [3.63, 3.8) is 0 Å². The number of nitrogens with one attached hydrogen (secondary N) is 3. The van der Waals surface area contributed by atoms with E-state index < -0.39 is 23.4 Å². The van der Waals surface area contributed by atoms with Gasteiger partial charge in [-0.1, -0.05) is 24.3 Å². The van der Waals surface area contributed by atoms with Gasteiger partial charge in [0.1, 0.15) is 11.2 Å². The molecular weight excluding hydrogens is 372 g/mol. The summed E-state index contributed by atoms with van der Waals surface area (Å²) in [5, 5.41) is 2.49. The lowest BCUT2D eigenvalue weighted by atomic mass is 10.0. The van der Waals surface area contributed by atoms with E-state index in [2.05, 4.69) is 39.4 Å². The van der Waals surface area contributed by atoms with Gasteiger partial charge in [-0.15, -0.1) is 0 Å². The second-order valence-electron chi connectivity index (χ2n) is 8.59. The molecule has 3 N–H and O–H groups in total. The highest BCUT2D eigenvalue weighted by Crippen LogP contribution is 2.17. The zero-order valence-electron chi connectivity index (χ0n) is 18.5. The van der Waals surface area contributed by atoms with Crippen LogP contribution < -0.4 is 16.2 Å². The van der Waals surface area contributed by atoms with Crippen molar-refractivity contribution in [2.45, 2.75) is 72.5 Å². The maximum absolute atomic E-state index is 12.1. The van der Waals surface area contributed by atoms with E-state index in [0.29, 0.717) is 6.54 Å². The Bertz CT molecular complexity index is 707. The third-order valence-corrected chi connectivity index (χ3v) is 3.40. The van der Waals surface area contributed by atoms with Crippen molar-refractivity contribution in [3.8, 4) is 0 Å². The number of ether oxygens (including phenoxy) is 2. The second kappa shape index (κ2) is 10.7. The van der Waals surface area contributed by atoms with Gasteiger partial charge < -0.3 is 9.47 Å². The monoisotopic (exact) mass is 406 g/mol. The van der Waals surface area contributed by atoms with Crippen LogP contribution >= 0.6 is 0 Å². The Balaban J connectivity index is 2.78. The molecule has 0 heterocycles. The van der Waals surface area contributed by atoms with Crippen molar-refractivity contribution in [1.29, 1.82) is 0 Å². The number of alkyl carbamates (subject to hydrolysis) is 1. The summed E-state index contributed by atoms with van der Waals surface area (Å²) in [6, 6.07) is 0. The Morgan fingerprint density at radius 3 is 2.21 bits per heavy atom. The predicted octanol–water partition coefficient (Wildman–Crippen LogP) is 4.12. The molecule has 0 aromatic heterocycles. The number of allylic oxidation sites excluding steroid dienone is 5. The zero-order chi connectivity index (χ0) is 22.1. The first kappa shape index (κ1) is 24.3. The zero-order valence-corrected chi connectivity index (χ0v) is 18.5. The van der Waals surface area contributed by atoms with Crippen LogP contribution in [-0.4, -0.2) is 35.9 Å². The van der Waals surface area contributed by atoms with Gasteiger partial charge in [0, 0.05) is 0 Å². The van der Waals surface area contributed by atoms with E-state index in [-0.39, 0.29) is 5.96 Å². The molecule has 0 aromatic carbocycles. The highest BCUT2D eigenvalue weighted by atomic mass is 16.6. The van der Waals surface area contributed by atoms with Gasteiger partial charge in [0.2, 0.25) is 5.96 Å². The molecule has 8 nitrogen and oxygen atoms in total. The number of hydrogen-bond acceptors (Lipinski definition) is 5. The van der Waals surface area contributed by atoms with E-state index in [1.807, 2.05) is 13.0 Å². The topological polar surface area (TPSA) is 101 Å². The highest BCUT2D eigenvalue weighted by Gasteiger charge is 2.19. The lowest BCUT2D eigenvalue weighted by Gasteiger charge is -2.22. The summed E-state index contributed by atoms with van der Waals surface area (Å²) in [5.41, 5.74) is 5.85. The van der Waals surface area contributed by atoms with Crippen molar-refractivity contribution in [2.24, 2.45) is 4.99 Å². The van der Waals surface area contributed by atoms with Gasteiger partial charge in [-0.2, -0.15) is 0 Å². The normalized spacial score (nSPS) is 15.3. The Labute approximate surface area is 173 Å². The number of rotatable bonds is 3. The van der Waals surface area contributed by atoms with E-state index in [4.69, 9.17) is 9.47 Å². The molecule has 0 spiro atoms. The second-order valence-corrected chi connectivity index (χ2v) is 8.59. The molecular formula is C21H34N4O4. The summed E-state index contributed by atoms with van der Waals surface area (Å²) in [4.78, 5) is 28.2. The Hall–Kier alpha value is -2.77. The van der Waals surface area contributed by atoms with Gasteiger partial charge >= 0.3 is 12.2 Å². The van der Waals surface area contributed by atoms with Crippen LogP contribution in [0.25, 0.3) is 0 Å². The lowest BCUT2D eigenvalue weighted by molar-refractivity contribution is 0.0498. The molecule has 162 valence electrons. The molecule has 0 fully saturated rings. The summed E-state index contributed by atoms with van der Waals surface area (Å²) < 4.78 is 10.4. The average Bonchev–Trinajstić information content (AvgIpc) is 2.57. The molecule has 0 radical (unpaired) electrons. The fourth-order valence-electron chi connectivity index (χ4n) is 2.22. The van der Waals surface area contributed by atoms with Crippen LogP contribution in [0.15, 0.2) is 40.4 Å². The van der Waals surface area contributed by atoms with E-state index >= 15 is 0 Å². The predicted molar refractivity (Wildman–Crippen MR) is 114 cm³/mol. The largest absolute Gasteiger partial charge is 0.444 e. The molecule has 2 amide bonds. The molecule has 1 aliphatic carbocycles. The molecule has 0 saturated heterocycles. The van der Waals surface area contributed by atoms with Crippen molar-refractivity contribution < 1.29 is 19.1 Å². The molecule has 29 heavy (non-hydrogen) atoms. The molecule has 0 unspecified atom stereocenters. The molecule has 0 saturated carbocycles. The van der Waals surface area contributed by atoms with Crippen molar-refractivity contribution >= 4 is 18.1 Å². The summed E-state index contributed by atoms with van der Waals surface area (Å²) in [5.74, 6) is 0.0438. The molecule has 1 aliphatic rings. The fraction of sp³-hybridized carbons (Fsp3) is 0.571. The maximum Gasteiger partial charge on any atom is 0.426 e. The van der Waals surface area contributed by atoms with Gasteiger partial charge in [-0.25, -0.2) is 20.0 Å². The van der Waals surface area contributed by atoms with Gasteiger partial charge in [0.25, 0.3) is 0 Å². The van der Waals surface area contributed by atoms with Crippen LogP contribution in [0.3, 0.4) is 0 Å². The first-order valence-electron chi connectivity index (χ1n) is 9.69. The minimum Gasteiger partial charge on any atom is -0.444 e. The van der Waals surface area contributed by atoms with Crippen LogP contribution in [0.5, 0.6) is 0 Å². The summed E-state index contributed by atoms with van der Waals surface area (Å²) >= 11 is 0. The number of carbonyl (C=O) groups is 2. The van der Waals surface area contributed by atoms with Crippen LogP contribution in [0, 0.1) is 0 Å². The van der Waals surface area contributed by atoms with Crippen molar-refractivity contribution in [1.82, 2.24) is 16.2 Å². The summed E-state index contributed by atoms with van der Waals surface area (Å²) in [7, 11) is 0. The number of nitrogens with zero attached hydrogens (tertiary/aromatic N) is 1. The maximum atomic E-state index is 12.1.